The Labute approximate surface area is 116 Å². The Morgan fingerprint density at radius 3 is 2.42 bits per heavy atom. The number of nitrogens with one attached hydrogen (secondary N) is 2. The van der Waals surface area contributed by atoms with Crippen LogP contribution in [0.3, 0.4) is 0 Å². The summed E-state index contributed by atoms with van der Waals surface area (Å²) in [7, 11) is 1.83. The Bertz CT molecular complexity index is 442. The van der Waals surface area contributed by atoms with Gasteiger partial charge < -0.3 is 10.6 Å². The van der Waals surface area contributed by atoms with E-state index < -0.39 is 0 Å². The van der Waals surface area contributed by atoms with Gasteiger partial charge in [-0.1, -0.05) is 43.7 Å². The predicted molar refractivity (Wildman–Crippen MR) is 81.7 cm³/mol. The molecule has 0 unspecified atom stereocenters. The number of benzene rings is 1. The third kappa shape index (κ3) is 3.98. The highest BCUT2D eigenvalue weighted by Gasteiger charge is 2.24. The van der Waals surface area contributed by atoms with E-state index in [4.69, 9.17) is 0 Å². The molecule has 3 heteroatoms. The molecule has 0 radical (unpaired) electrons. The number of rotatable bonds is 4. The topological polar surface area (TPSA) is 36.4 Å². The minimum absolute atomic E-state index is 0.0921. The van der Waals surface area contributed by atoms with Crippen LogP contribution in [0.15, 0.2) is 29.3 Å². The molecule has 0 aromatic heterocycles. The van der Waals surface area contributed by atoms with Gasteiger partial charge in [-0.15, -0.1) is 0 Å². The van der Waals surface area contributed by atoms with Crippen LogP contribution in [0.4, 0.5) is 0 Å². The van der Waals surface area contributed by atoms with Crippen molar-refractivity contribution < 1.29 is 0 Å². The zero-order valence-electron chi connectivity index (χ0n) is 12.5. The smallest absolute Gasteiger partial charge is 0.191 e. The quantitative estimate of drug-likeness (QED) is 0.644. The van der Waals surface area contributed by atoms with Crippen LogP contribution >= 0.6 is 0 Å². The second kappa shape index (κ2) is 5.64. The summed E-state index contributed by atoms with van der Waals surface area (Å²) < 4.78 is 0. The van der Waals surface area contributed by atoms with Crippen LogP contribution in [0.2, 0.25) is 0 Å². The normalized spacial score (nSPS) is 16.3. The van der Waals surface area contributed by atoms with Gasteiger partial charge in [-0.05, 0) is 25.3 Å². The van der Waals surface area contributed by atoms with Crippen LogP contribution in [0.25, 0.3) is 0 Å². The maximum Gasteiger partial charge on any atom is 0.191 e. The van der Waals surface area contributed by atoms with Crippen molar-refractivity contribution in [3.63, 3.8) is 0 Å². The van der Waals surface area contributed by atoms with E-state index >= 15 is 0 Å². The van der Waals surface area contributed by atoms with Crippen LogP contribution in [0.5, 0.6) is 0 Å². The standard InChI is InChI=1S/C16H25N3/c1-12-5-7-13(8-6-12)16(2,3)11-18-15(17-4)19-14-9-10-14/h5-8,14H,9-11H2,1-4H3,(H2,17,18,19). The first-order valence-electron chi connectivity index (χ1n) is 7.05. The summed E-state index contributed by atoms with van der Waals surface area (Å²) in [6.45, 7) is 7.52. The summed E-state index contributed by atoms with van der Waals surface area (Å²) in [5, 5.41) is 6.85. The van der Waals surface area contributed by atoms with Gasteiger partial charge in [0.1, 0.15) is 0 Å². The van der Waals surface area contributed by atoms with Crippen molar-refractivity contribution in [1.29, 1.82) is 0 Å². The van der Waals surface area contributed by atoms with Gasteiger partial charge >= 0.3 is 0 Å². The number of aryl methyl sites for hydroxylation is 1. The number of hydrogen-bond acceptors (Lipinski definition) is 1. The average Bonchev–Trinajstić information content (AvgIpc) is 3.19. The lowest BCUT2D eigenvalue weighted by Gasteiger charge is -2.27. The molecule has 1 aromatic carbocycles. The van der Waals surface area contributed by atoms with Gasteiger partial charge in [0.05, 0.1) is 0 Å². The van der Waals surface area contributed by atoms with Crippen molar-refractivity contribution >= 4 is 5.96 Å². The van der Waals surface area contributed by atoms with Gasteiger partial charge in [0.15, 0.2) is 5.96 Å². The van der Waals surface area contributed by atoms with Crippen LogP contribution in [0, 0.1) is 6.92 Å². The molecular weight excluding hydrogens is 234 g/mol. The van der Waals surface area contributed by atoms with Gasteiger partial charge in [0, 0.05) is 25.0 Å². The second-order valence-corrected chi connectivity index (χ2v) is 6.09. The van der Waals surface area contributed by atoms with E-state index in [2.05, 4.69) is 60.7 Å². The number of guanidine groups is 1. The lowest BCUT2D eigenvalue weighted by Crippen LogP contribution is -2.44. The first kappa shape index (κ1) is 13.9. The molecule has 0 aliphatic heterocycles. The monoisotopic (exact) mass is 259 g/mol. The minimum Gasteiger partial charge on any atom is -0.356 e. The number of hydrogen-bond donors (Lipinski definition) is 2. The molecule has 0 atom stereocenters. The van der Waals surface area contributed by atoms with Gasteiger partial charge in [-0.3, -0.25) is 4.99 Å². The van der Waals surface area contributed by atoms with E-state index in [1.54, 1.807) is 0 Å². The fraction of sp³-hybridized carbons (Fsp3) is 0.562. The van der Waals surface area contributed by atoms with Crippen molar-refractivity contribution in [2.75, 3.05) is 13.6 Å². The molecule has 2 N–H and O–H groups in total. The molecule has 0 saturated heterocycles. The zero-order valence-corrected chi connectivity index (χ0v) is 12.5. The van der Waals surface area contributed by atoms with Crippen LogP contribution in [-0.2, 0) is 5.41 Å². The largest absolute Gasteiger partial charge is 0.356 e. The summed E-state index contributed by atoms with van der Waals surface area (Å²) in [4.78, 5) is 4.27. The Kier molecular flexibility index (Phi) is 4.13. The van der Waals surface area contributed by atoms with E-state index in [-0.39, 0.29) is 5.41 Å². The molecule has 1 aliphatic rings. The number of nitrogens with zero attached hydrogens (tertiary/aromatic N) is 1. The first-order chi connectivity index (χ1) is 9.01. The van der Waals surface area contributed by atoms with Crippen molar-refractivity contribution in [1.82, 2.24) is 10.6 Å². The Balaban J connectivity index is 1.94. The highest BCUT2D eigenvalue weighted by Crippen LogP contribution is 2.23. The van der Waals surface area contributed by atoms with Crippen molar-refractivity contribution in [2.45, 2.75) is 45.1 Å². The average molecular weight is 259 g/mol. The third-order valence-electron chi connectivity index (χ3n) is 3.67. The Hall–Kier alpha value is -1.51. The van der Waals surface area contributed by atoms with Gasteiger partial charge in [0.25, 0.3) is 0 Å². The summed E-state index contributed by atoms with van der Waals surface area (Å²) >= 11 is 0. The van der Waals surface area contributed by atoms with Crippen molar-refractivity contribution in [3.8, 4) is 0 Å². The molecule has 3 nitrogen and oxygen atoms in total. The van der Waals surface area contributed by atoms with E-state index in [0.717, 1.165) is 12.5 Å². The lowest BCUT2D eigenvalue weighted by molar-refractivity contribution is 0.508. The molecule has 104 valence electrons. The molecule has 0 bridgehead atoms. The predicted octanol–water partition coefficient (Wildman–Crippen LogP) is 2.60. The van der Waals surface area contributed by atoms with E-state index in [0.29, 0.717) is 6.04 Å². The molecule has 2 rings (SSSR count). The Morgan fingerprint density at radius 2 is 1.89 bits per heavy atom. The van der Waals surface area contributed by atoms with E-state index in [9.17, 15) is 0 Å². The molecule has 1 saturated carbocycles. The van der Waals surface area contributed by atoms with Crippen LogP contribution in [-0.4, -0.2) is 25.6 Å². The summed E-state index contributed by atoms with van der Waals surface area (Å²) in [5.41, 5.74) is 2.75. The molecular formula is C16H25N3. The zero-order chi connectivity index (χ0) is 13.9. The molecule has 1 aliphatic carbocycles. The van der Waals surface area contributed by atoms with Crippen molar-refractivity contribution in [2.24, 2.45) is 4.99 Å². The Morgan fingerprint density at radius 1 is 1.26 bits per heavy atom. The highest BCUT2D eigenvalue weighted by molar-refractivity contribution is 5.80. The summed E-state index contributed by atoms with van der Waals surface area (Å²) in [6, 6.07) is 9.42. The minimum atomic E-state index is 0.0921. The van der Waals surface area contributed by atoms with Crippen LogP contribution < -0.4 is 10.6 Å². The maximum atomic E-state index is 4.27. The van der Waals surface area contributed by atoms with Gasteiger partial charge in [-0.25, -0.2) is 0 Å². The third-order valence-corrected chi connectivity index (χ3v) is 3.67. The summed E-state index contributed by atoms with van der Waals surface area (Å²) in [6.07, 6.45) is 2.53. The van der Waals surface area contributed by atoms with Gasteiger partial charge in [-0.2, -0.15) is 0 Å². The van der Waals surface area contributed by atoms with Crippen molar-refractivity contribution in [3.05, 3.63) is 35.4 Å². The van der Waals surface area contributed by atoms with E-state index in [1.165, 1.54) is 24.0 Å². The molecule has 19 heavy (non-hydrogen) atoms. The molecule has 1 aromatic rings. The molecule has 1 fully saturated rings. The molecule has 0 amide bonds. The van der Waals surface area contributed by atoms with Gasteiger partial charge in [0.2, 0.25) is 0 Å². The van der Waals surface area contributed by atoms with Crippen LogP contribution in [0.1, 0.15) is 37.8 Å². The van der Waals surface area contributed by atoms with E-state index in [1.807, 2.05) is 7.05 Å². The SMILES string of the molecule is CN=C(NCC(C)(C)c1ccc(C)cc1)NC1CC1. The maximum absolute atomic E-state index is 4.27. The number of aliphatic imine (C=N–C) groups is 1. The second-order valence-electron chi connectivity index (χ2n) is 6.09. The fourth-order valence-corrected chi connectivity index (χ4v) is 2.03. The fourth-order valence-electron chi connectivity index (χ4n) is 2.03. The molecule has 0 spiro atoms. The molecule has 0 heterocycles. The first-order valence-corrected chi connectivity index (χ1v) is 7.05. The summed E-state index contributed by atoms with van der Waals surface area (Å²) in [5.74, 6) is 0.919. The lowest BCUT2D eigenvalue weighted by atomic mass is 9.84. The highest BCUT2D eigenvalue weighted by atomic mass is 15.2.